The highest BCUT2D eigenvalue weighted by atomic mass is 16.5. The summed E-state index contributed by atoms with van der Waals surface area (Å²) in [4.78, 5) is 0. The molecule has 2 aromatic rings. The number of hydrogen-bond acceptors (Lipinski definition) is 2. The van der Waals surface area contributed by atoms with Gasteiger partial charge in [-0.2, -0.15) is 0 Å². The molecule has 2 nitrogen and oxygen atoms in total. The van der Waals surface area contributed by atoms with E-state index < -0.39 is 0 Å². The fourth-order valence-electron chi connectivity index (χ4n) is 2.02. The van der Waals surface area contributed by atoms with Gasteiger partial charge in [-0.1, -0.05) is 30.9 Å². The molecular weight excluding hydrogens is 212 g/mol. The van der Waals surface area contributed by atoms with E-state index in [0.29, 0.717) is 6.61 Å². The van der Waals surface area contributed by atoms with E-state index in [1.807, 2.05) is 18.2 Å². The van der Waals surface area contributed by atoms with E-state index in [0.717, 1.165) is 22.3 Å². The minimum absolute atomic E-state index is 0.592. The molecule has 0 saturated heterocycles. The lowest BCUT2D eigenvalue weighted by Crippen LogP contribution is -1.93. The highest BCUT2D eigenvalue weighted by molar-refractivity contribution is 5.92. The van der Waals surface area contributed by atoms with Crippen LogP contribution in [-0.2, 0) is 11.3 Å². The molecule has 0 aliphatic heterocycles. The molecule has 88 valence electrons. The van der Waals surface area contributed by atoms with Gasteiger partial charge in [-0.25, -0.2) is 0 Å². The Morgan fingerprint density at radius 2 is 1.94 bits per heavy atom. The second kappa shape index (κ2) is 5.02. The van der Waals surface area contributed by atoms with Crippen LogP contribution in [0, 0.1) is 0 Å². The SMILES string of the molecule is C=Cc1c(COC)ccc2ccc(OC)cc12. The van der Waals surface area contributed by atoms with Gasteiger partial charge in [-0.15, -0.1) is 0 Å². The smallest absolute Gasteiger partial charge is 0.119 e. The van der Waals surface area contributed by atoms with Crippen molar-refractivity contribution < 1.29 is 9.47 Å². The van der Waals surface area contributed by atoms with E-state index in [4.69, 9.17) is 9.47 Å². The molecule has 0 spiro atoms. The molecule has 0 radical (unpaired) electrons. The molecule has 0 atom stereocenters. The molecule has 0 heterocycles. The van der Waals surface area contributed by atoms with Crippen molar-refractivity contribution >= 4 is 16.8 Å². The van der Waals surface area contributed by atoms with Crippen molar-refractivity contribution in [3.8, 4) is 5.75 Å². The Balaban J connectivity index is 2.68. The number of fused-ring (bicyclic) bond motifs is 1. The van der Waals surface area contributed by atoms with Crippen LogP contribution in [0.3, 0.4) is 0 Å². The quantitative estimate of drug-likeness (QED) is 0.795. The lowest BCUT2D eigenvalue weighted by Gasteiger charge is -2.10. The summed E-state index contributed by atoms with van der Waals surface area (Å²) in [6, 6.07) is 10.2. The Hall–Kier alpha value is -1.80. The first-order chi connectivity index (χ1) is 8.30. The zero-order chi connectivity index (χ0) is 12.3. The minimum Gasteiger partial charge on any atom is -0.497 e. The lowest BCUT2D eigenvalue weighted by molar-refractivity contribution is 0.185. The molecule has 0 N–H and O–H groups in total. The average Bonchev–Trinajstić information content (AvgIpc) is 2.38. The van der Waals surface area contributed by atoms with E-state index in [1.54, 1.807) is 14.2 Å². The molecular formula is C15H16O2. The Morgan fingerprint density at radius 3 is 2.59 bits per heavy atom. The van der Waals surface area contributed by atoms with Crippen LogP contribution < -0.4 is 4.74 Å². The fraction of sp³-hybridized carbons (Fsp3) is 0.200. The second-order valence-electron chi connectivity index (χ2n) is 3.86. The predicted molar refractivity (Wildman–Crippen MR) is 71.3 cm³/mol. The van der Waals surface area contributed by atoms with Crippen molar-refractivity contribution in [2.24, 2.45) is 0 Å². The summed E-state index contributed by atoms with van der Waals surface area (Å²) in [5, 5.41) is 2.33. The summed E-state index contributed by atoms with van der Waals surface area (Å²) in [5.41, 5.74) is 2.26. The van der Waals surface area contributed by atoms with E-state index in [1.165, 1.54) is 5.39 Å². The zero-order valence-electron chi connectivity index (χ0n) is 10.2. The molecule has 2 rings (SSSR count). The minimum atomic E-state index is 0.592. The maximum atomic E-state index is 5.26. The number of benzene rings is 2. The number of ether oxygens (including phenoxy) is 2. The van der Waals surface area contributed by atoms with Crippen LogP contribution in [0.15, 0.2) is 36.9 Å². The first-order valence-electron chi connectivity index (χ1n) is 5.51. The largest absolute Gasteiger partial charge is 0.497 e. The van der Waals surface area contributed by atoms with Gasteiger partial charge < -0.3 is 9.47 Å². The Labute approximate surface area is 101 Å². The number of hydrogen-bond donors (Lipinski definition) is 0. The van der Waals surface area contributed by atoms with Gasteiger partial charge in [0.1, 0.15) is 5.75 Å². The van der Waals surface area contributed by atoms with Crippen molar-refractivity contribution in [1.82, 2.24) is 0 Å². The second-order valence-corrected chi connectivity index (χ2v) is 3.86. The topological polar surface area (TPSA) is 18.5 Å². The van der Waals surface area contributed by atoms with Crippen LogP contribution in [0.1, 0.15) is 11.1 Å². The average molecular weight is 228 g/mol. The third-order valence-electron chi connectivity index (χ3n) is 2.86. The molecule has 0 fully saturated rings. The Bertz CT molecular complexity index is 544. The van der Waals surface area contributed by atoms with Gasteiger partial charge in [0.25, 0.3) is 0 Å². The van der Waals surface area contributed by atoms with Gasteiger partial charge in [0.05, 0.1) is 13.7 Å². The highest BCUT2D eigenvalue weighted by Gasteiger charge is 2.05. The maximum absolute atomic E-state index is 5.26. The van der Waals surface area contributed by atoms with E-state index >= 15 is 0 Å². The fourth-order valence-corrected chi connectivity index (χ4v) is 2.02. The van der Waals surface area contributed by atoms with Crippen LogP contribution in [0.2, 0.25) is 0 Å². The van der Waals surface area contributed by atoms with E-state index in [-0.39, 0.29) is 0 Å². The third-order valence-corrected chi connectivity index (χ3v) is 2.86. The van der Waals surface area contributed by atoms with Gasteiger partial charge in [-0.05, 0) is 34.0 Å². The van der Waals surface area contributed by atoms with Crippen LogP contribution in [-0.4, -0.2) is 14.2 Å². The molecule has 0 aromatic heterocycles. The Morgan fingerprint density at radius 1 is 1.18 bits per heavy atom. The summed E-state index contributed by atoms with van der Waals surface area (Å²) in [6.07, 6.45) is 1.87. The van der Waals surface area contributed by atoms with Crippen molar-refractivity contribution in [1.29, 1.82) is 0 Å². The lowest BCUT2D eigenvalue weighted by atomic mass is 9.99. The van der Waals surface area contributed by atoms with Crippen molar-refractivity contribution in [3.05, 3.63) is 48.0 Å². The summed E-state index contributed by atoms with van der Waals surface area (Å²) in [7, 11) is 3.37. The summed E-state index contributed by atoms with van der Waals surface area (Å²) in [6.45, 7) is 4.47. The van der Waals surface area contributed by atoms with Crippen LogP contribution >= 0.6 is 0 Å². The number of methoxy groups -OCH3 is 2. The molecule has 0 aliphatic rings. The first-order valence-corrected chi connectivity index (χ1v) is 5.51. The molecule has 17 heavy (non-hydrogen) atoms. The van der Waals surface area contributed by atoms with Crippen molar-refractivity contribution in [3.63, 3.8) is 0 Å². The van der Waals surface area contributed by atoms with Gasteiger partial charge in [0.15, 0.2) is 0 Å². The van der Waals surface area contributed by atoms with Gasteiger partial charge in [0, 0.05) is 7.11 Å². The van der Waals surface area contributed by atoms with E-state index in [2.05, 4.69) is 24.8 Å². The molecule has 2 heteroatoms. The van der Waals surface area contributed by atoms with Crippen molar-refractivity contribution in [2.45, 2.75) is 6.61 Å². The molecule has 0 saturated carbocycles. The Kier molecular flexibility index (Phi) is 3.45. The molecule has 0 aliphatic carbocycles. The number of rotatable bonds is 4. The predicted octanol–water partition coefficient (Wildman–Crippen LogP) is 3.64. The van der Waals surface area contributed by atoms with Gasteiger partial charge >= 0.3 is 0 Å². The van der Waals surface area contributed by atoms with Gasteiger partial charge in [-0.3, -0.25) is 0 Å². The summed E-state index contributed by atoms with van der Waals surface area (Å²) in [5.74, 6) is 0.857. The summed E-state index contributed by atoms with van der Waals surface area (Å²) >= 11 is 0. The van der Waals surface area contributed by atoms with Crippen molar-refractivity contribution in [2.75, 3.05) is 14.2 Å². The molecule has 0 amide bonds. The monoisotopic (exact) mass is 228 g/mol. The molecule has 0 unspecified atom stereocenters. The van der Waals surface area contributed by atoms with Crippen LogP contribution in [0.25, 0.3) is 16.8 Å². The third kappa shape index (κ3) is 2.17. The zero-order valence-corrected chi connectivity index (χ0v) is 10.2. The summed E-state index contributed by atoms with van der Waals surface area (Å²) < 4.78 is 10.5. The van der Waals surface area contributed by atoms with Crippen LogP contribution in [0.4, 0.5) is 0 Å². The van der Waals surface area contributed by atoms with E-state index in [9.17, 15) is 0 Å². The van der Waals surface area contributed by atoms with Gasteiger partial charge in [0.2, 0.25) is 0 Å². The molecule has 2 aromatic carbocycles. The molecule has 0 bridgehead atoms. The maximum Gasteiger partial charge on any atom is 0.119 e. The standard InChI is InChI=1S/C15H16O2/c1-4-14-12(10-16-2)6-5-11-7-8-13(17-3)9-15(11)14/h4-9H,1,10H2,2-3H3. The first kappa shape index (κ1) is 11.7. The normalized spacial score (nSPS) is 10.5. The van der Waals surface area contributed by atoms with Crippen LogP contribution in [0.5, 0.6) is 5.75 Å². The highest BCUT2D eigenvalue weighted by Crippen LogP contribution is 2.27.